The Morgan fingerprint density at radius 1 is 0.900 bits per heavy atom. The van der Waals surface area contributed by atoms with E-state index in [1.165, 1.54) is 29.6 Å². The van der Waals surface area contributed by atoms with Gasteiger partial charge in [-0.3, -0.25) is 19.7 Å². The number of nitrogens with zero attached hydrogens (tertiary/aromatic N) is 6. The smallest absolute Gasteiger partial charge is 0.293 e. The summed E-state index contributed by atoms with van der Waals surface area (Å²) in [4.78, 5) is 28.4. The summed E-state index contributed by atoms with van der Waals surface area (Å²) in [7, 11) is -2.22. The number of nitro benzene ring substituents is 1. The molecule has 15 heteroatoms. The van der Waals surface area contributed by atoms with Gasteiger partial charge in [-0.05, 0) is 98.6 Å². The van der Waals surface area contributed by atoms with Crippen LogP contribution in [0.25, 0.3) is 22.0 Å². The third-order valence-electron chi connectivity index (χ3n) is 10.9. The third kappa shape index (κ3) is 10.7. The zero-order valence-corrected chi connectivity index (χ0v) is 36.3. The molecule has 0 aliphatic carbocycles. The number of rotatable bonds is 17. The average Bonchev–Trinajstić information content (AvgIpc) is 3.25. The predicted molar refractivity (Wildman–Crippen MR) is 245 cm³/mol. The van der Waals surface area contributed by atoms with Crippen molar-refractivity contribution >= 4 is 67.2 Å². The van der Waals surface area contributed by atoms with Gasteiger partial charge in [-0.1, -0.05) is 66.2 Å². The Hall–Kier alpha value is -5.25. The number of anilines is 3. The highest BCUT2D eigenvalue weighted by atomic mass is 35.5. The molecule has 0 bridgehead atoms. The van der Waals surface area contributed by atoms with E-state index >= 15 is 0 Å². The van der Waals surface area contributed by atoms with Gasteiger partial charge in [0.2, 0.25) is 0 Å². The van der Waals surface area contributed by atoms with Crippen LogP contribution >= 0.6 is 23.4 Å². The molecule has 1 atom stereocenters. The minimum atomic E-state index is -4.27. The summed E-state index contributed by atoms with van der Waals surface area (Å²) in [6.07, 6.45) is 2.05. The summed E-state index contributed by atoms with van der Waals surface area (Å²) in [5.41, 5.74) is 5.08. The van der Waals surface area contributed by atoms with Crippen molar-refractivity contribution in [3.8, 4) is 11.1 Å². The van der Waals surface area contributed by atoms with Crippen LogP contribution in [0.5, 0.6) is 0 Å². The second-order valence-electron chi connectivity index (χ2n) is 15.2. The van der Waals surface area contributed by atoms with Gasteiger partial charge >= 0.3 is 0 Å². The van der Waals surface area contributed by atoms with E-state index in [4.69, 9.17) is 11.6 Å². The van der Waals surface area contributed by atoms with Crippen LogP contribution in [-0.2, 0) is 16.6 Å². The first-order valence-electron chi connectivity index (χ1n) is 20.0. The fraction of sp³-hybridized carbons (Fsp3) is 0.289. The van der Waals surface area contributed by atoms with E-state index in [0.717, 1.165) is 67.9 Å². The van der Waals surface area contributed by atoms with Crippen LogP contribution < -0.4 is 14.9 Å². The number of aromatic nitrogens is 2. The van der Waals surface area contributed by atoms with Gasteiger partial charge in [-0.2, -0.15) is 0 Å². The molecule has 2 N–H and O–H groups in total. The summed E-state index contributed by atoms with van der Waals surface area (Å²) >= 11 is 7.81. The minimum Gasteiger partial charge on any atom is -0.376 e. The van der Waals surface area contributed by atoms with Crippen molar-refractivity contribution in [3.05, 3.63) is 142 Å². The molecule has 60 heavy (non-hydrogen) atoms. The van der Waals surface area contributed by atoms with E-state index in [-0.39, 0.29) is 28.1 Å². The number of hydrogen-bond donors (Lipinski definition) is 2. The van der Waals surface area contributed by atoms with Crippen molar-refractivity contribution < 1.29 is 13.3 Å². The highest BCUT2D eigenvalue weighted by Gasteiger charge is 2.25. The second-order valence-corrected chi connectivity index (χ2v) is 18.4. The lowest BCUT2D eigenvalue weighted by atomic mass is 9.99. The van der Waals surface area contributed by atoms with Crippen molar-refractivity contribution in [2.24, 2.45) is 0 Å². The van der Waals surface area contributed by atoms with E-state index in [9.17, 15) is 18.5 Å². The number of fused-ring (bicyclic) bond motifs is 1. The Labute approximate surface area is 361 Å². The molecule has 12 nitrogen and oxygen atoms in total. The maximum Gasteiger partial charge on any atom is 0.293 e. The fourth-order valence-corrected chi connectivity index (χ4v) is 9.35. The number of nitro groups is 1. The summed E-state index contributed by atoms with van der Waals surface area (Å²) < 4.78 is 30.2. The second kappa shape index (κ2) is 19.4. The maximum atomic E-state index is 13.8. The Kier molecular flexibility index (Phi) is 13.9. The quantitative estimate of drug-likeness (QED) is 0.0516. The monoisotopic (exact) mass is 864 g/mol. The van der Waals surface area contributed by atoms with Gasteiger partial charge in [0, 0.05) is 84.2 Å². The molecule has 0 radical (unpaired) electrons. The van der Waals surface area contributed by atoms with E-state index in [1.807, 2.05) is 60.7 Å². The van der Waals surface area contributed by atoms with Crippen molar-refractivity contribution in [1.82, 2.24) is 19.8 Å². The number of nitrogens with one attached hydrogen (secondary N) is 2. The number of piperazine rings is 1. The zero-order valence-electron chi connectivity index (χ0n) is 33.9. The van der Waals surface area contributed by atoms with Crippen molar-refractivity contribution in [3.63, 3.8) is 0 Å². The first-order chi connectivity index (χ1) is 28.9. The molecule has 1 aromatic heterocycles. The molecule has 312 valence electrons. The predicted octanol–water partition coefficient (Wildman–Crippen LogP) is 9.28. The topological polar surface area (TPSA) is 137 Å². The summed E-state index contributed by atoms with van der Waals surface area (Å²) in [5.74, 6) is 0.752. The molecule has 1 aliphatic rings. The van der Waals surface area contributed by atoms with Gasteiger partial charge in [0.15, 0.2) is 5.82 Å². The molecule has 0 unspecified atom stereocenters. The molecular formula is C45H49ClN8O4S2. The highest BCUT2D eigenvalue weighted by molar-refractivity contribution is 7.99. The summed E-state index contributed by atoms with van der Waals surface area (Å²) in [6, 6.07) is 36.3. The molecule has 6 aromatic rings. The van der Waals surface area contributed by atoms with E-state index in [1.54, 1.807) is 11.8 Å². The Morgan fingerprint density at radius 3 is 2.37 bits per heavy atom. The lowest BCUT2D eigenvalue weighted by Gasteiger charge is -2.36. The van der Waals surface area contributed by atoms with Crippen LogP contribution in [0.15, 0.2) is 131 Å². The van der Waals surface area contributed by atoms with Gasteiger partial charge < -0.3 is 15.1 Å². The van der Waals surface area contributed by atoms with E-state index in [2.05, 4.69) is 92.0 Å². The van der Waals surface area contributed by atoms with Crippen LogP contribution in [0, 0.1) is 10.1 Å². The van der Waals surface area contributed by atoms with Gasteiger partial charge in [0.05, 0.1) is 15.3 Å². The largest absolute Gasteiger partial charge is 0.376 e. The van der Waals surface area contributed by atoms with Gasteiger partial charge in [-0.15, -0.1) is 11.8 Å². The Bertz CT molecular complexity index is 2520. The van der Waals surface area contributed by atoms with Crippen LogP contribution in [0.2, 0.25) is 5.02 Å². The standard InChI is InChI=1S/C45H49ClN8O4S2/c1-32(2)51(3)22-21-36(30-59-38-10-5-4-6-11-38)49-42-20-18-39(28-44(42)54(55)56)60(57,58)50-45-41-19-17-37(27-43(41)47-31-48-45)53-25-23-52(24-26-53)29-34-9-7-8-12-40(34)33-13-15-35(46)16-14-33/h4-20,27-28,31-32,36,49H,21-26,29-30H2,1-3H3,(H,47,48,50)/t36-/m1/s1. The van der Waals surface area contributed by atoms with Crippen LogP contribution in [0.1, 0.15) is 25.8 Å². The lowest BCUT2D eigenvalue weighted by Crippen LogP contribution is -2.46. The lowest BCUT2D eigenvalue weighted by molar-refractivity contribution is -0.384. The first-order valence-corrected chi connectivity index (χ1v) is 22.8. The van der Waals surface area contributed by atoms with Crippen LogP contribution in [0.3, 0.4) is 0 Å². The molecule has 7 rings (SSSR count). The van der Waals surface area contributed by atoms with Crippen molar-refractivity contribution in [2.75, 3.05) is 60.5 Å². The molecule has 0 saturated carbocycles. The maximum absolute atomic E-state index is 13.8. The number of benzene rings is 5. The van der Waals surface area contributed by atoms with Gasteiger partial charge in [0.25, 0.3) is 15.7 Å². The number of hydrogen-bond acceptors (Lipinski definition) is 11. The number of thioether (sulfide) groups is 1. The molecule has 5 aromatic carbocycles. The van der Waals surface area contributed by atoms with Gasteiger partial charge in [0.1, 0.15) is 12.0 Å². The molecule has 0 spiro atoms. The molecule has 1 aliphatic heterocycles. The summed E-state index contributed by atoms with van der Waals surface area (Å²) in [5, 5.41) is 17.0. The van der Waals surface area contributed by atoms with E-state index in [0.29, 0.717) is 27.7 Å². The minimum absolute atomic E-state index is 0.0906. The van der Waals surface area contributed by atoms with Crippen LogP contribution in [-0.4, -0.2) is 90.7 Å². The van der Waals surface area contributed by atoms with Crippen molar-refractivity contribution in [2.45, 2.75) is 48.7 Å². The third-order valence-corrected chi connectivity index (χ3v) is 13.7. The zero-order chi connectivity index (χ0) is 42.2. The molecule has 1 fully saturated rings. The van der Waals surface area contributed by atoms with Crippen molar-refractivity contribution in [1.29, 1.82) is 0 Å². The highest BCUT2D eigenvalue weighted by Crippen LogP contribution is 2.33. The molecular weight excluding hydrogens is 816 g/mol. The summed E-state index contributed by atoms with van der Waals surface area (Å²) in [6.45, 7) is 9.20. The van der Waals surface area contributed by atoms with E-state index < -0.39 is 14.9 Å². The van der Waals surface area contributed by atoms with Gasteiger partial charge in [-0.25, -0.2) is 18.4 Å². The Balaban J connectivity index is 1.02. The molecule has 0 amide bonds. The average molecular weight is 866 g/mol. The fourth-order valence-electron chi connectivity index (χ4n) is 7.18. The normalized spacial score (nSPS) is 14.1. The molecule has 1 saturated heterocycles. The first kappa shape index (κ1) is 42.9. The SMILES string of the molecule is CC(C)N(C)CC[C@H](CSc1ccccc1)Nc1ccc(S(=O)(=O)Nc2ncnc3cc(N4CCN(Cc5ccccc5-c5ccc(Cl)cc5)CC4)ccc23)cc1[N+](=O)[O-]. The molecule has 2 heterocycles. The Morgan fingerprint density at radius 2 is 1.63 bits per heavy atom. The van der Waals surface area contributed by atoms with Crippen LogP contribution in [0.4, 0.5) is 22.9 Å². The number of halogens is 1. The number of sulfonamides is 1.